The Labute approximate surface area is 110 Å². The van der Waals surface area contributed by atoms with E-state index in [2.05, 4.69) is 19.9 Å². The van der Waals surface area contributed by atoms with Crippen LogP contribution in [0.3, 0.4) is 0 Å². The number of benzene rings is 1. The molecule has 5 heteroatoms. The summed E-state index contributed by atoms with van der Waals surface area (Å²) in [5.74, 6) is 0.945. The van der Waals surface area contributed by atoms with Gasteiger partial charge in [-0.2, -0.15) is 0 Å². The lowest BCUT2D eigenvalue weighted by Gasteiger charge is -2.08. The molecule has 1 aromatic carbocycles. The number of H-pyrrole nitrogens is 1. The second-order valence-electron chi connectivity index (χ2n) is 4.57. The van der Waals surface area contributed by atoms with Gasteiger partial charge in [0.15, 0.2) is 0 Å². The summed E-state index contributed by atoms with van der Waals surface area (Å²) in [6, 6.07) is 7.95. The zero-order valence-corrected chi connectivity index (χ0v) is 10.7. The smallest absolute Gasteiger partial charge is 0.133 e. The lowest BCUT2D eigenvalue weighted by molar-refractivity contribution is 0.713. The van der Waals surface area contributed by atoms with Gasteiger partial charge in [-0.25, -0.2) is 15.0 Å². The van der Waals surface area contributed by atoms with Crippen LogP contribution < -0.4 is 5.73 Å². The van der Waals surface area contributed by atoms with Crippen LogP contribution in [0.4, 0.5) is 0 Å². The van der Waals surface area contributed by atoms with Gasteiger partial charge in [0, 0.05) is 24.2 Å². The molecule has 1 unspecified atom stereocenters. The molecular weight excluding hydrogens is 238 g/mol. The van der Waals surface area contributed by atoms with Crippen LogP contribution in [0.2, 0.25) is 0 Å². The van der Waals surface area contributed by atoms with Gasteiger partial charge in [0.05, 0.1) is 23.1 Å². The van der Waals surface area contributed by atoms with Crippen molar-refractivity contribution in [1.29, 1.82) is 0 Å². The minimum absolute atomic E-state index is 0.163. The van der Waals surface area contributed by atoms with Gasteiger partial charge >= 0.3 is 0 Å². The number of nitrogens with two attached hydrogens (primary N) is 1. The molecule has 5 nitrogen and oxygen atoms in total. The van der Waals surface area contributed by atoms with Crippen LogP contribution in [0.5, 0.6) is 0 Å². The van der Waals surface area contributed by atoms with E-state index in [1.807, 2.05) is 31.2 Å². The van der Waals surface area contributed by atoms with Crippen molar-refractivity contribution in [2.75, 3.05) is 6.54 Å². The Balaban J connectivity index is 2.05. The van der Waals surface area contributed by atoms with E-state index < -0.39 is 0 Å². The molecule has 0 bridgehead atoms. The summed E-state index contributed by atoms with van der Waals surface area (Å²) in [6.07, 6.45) is 3.47. The highest BCUT2D eigenvalue weighted by Crippen LogP contribution is 2.22. The molecule has 0 aliphatic heterocycles. The predicted molar refractivity (Wildman–Crippen MR) is 74.6 cm³/mol. The van der Waals surface area contributed by atoms with Gasteiger partial charge in [-0.3, -0.25) is 0 Å². The molecule has 96 valence electrons. The highest BCUT2D eigenvalue weighted by atomic mass is 14.9. The van der Waals surface area contributed by atoms with Crippen molar-refractivity contribution in [1.82, 2.24) is 19.9 Å². The molecular formula is C14H15N5. The summed E-state index contributed by atoms with van der Waals surface area (Å²) in [5, 5.41) is 0. The van der Waals surface area contributed by atoms with Gasteiger partial charge in [0.2, 0.25) is 0 Å². The van der Waals surface area contributed by atoms with E-state index in [-0.39, 0.29) is 5.92 Å². The van der Waals surface area contributed by atoms with E-state index in [1.165, 1.54) is 0 Å². The number of aromatic amines is 1. The van der Waals surface area contributed by atoms with E-state index in [4.69, 9.17) is 5.73 Å². The van der Waals surface area contributed by atoms with Crippen LogP contribution in [-0.4, -0.2) is 26.5 Å². The molecule has 3 rings (SSSR count). The summed E-state index contributed by atoms with van der Waals surface area (Å²) in [7, 11) is 0. The average Bonchev–Trinajstić information content (AvgIpc) is 2.94. The SMILES string of the molecule is CC(CN)c1nccc(-c2ccc3nc[nH]c3c2)n1. The van der Waals surface area contributed by atoms with Crippen molar-refractivity contribution in [2.24, 2.45) is 5.73 Å². The lowest BCUT2D eigenvalue weighted by Crippen LogP contribution is -2.12. The quantitative estimate of drug-likeness (QED) is 0.749. The second-order valence-corrected chi connectivity index (χ2v) is 4.57. The molecule has 19 heavy (non-hydrogen) atoms. The molecule has 3 N–H and O–H groups in total. The van der Waals surface area contributed by atoms with Crippen molar-refractivity contribution in [2.45, 2.75) is 12.8 Å². The van der Waals surface area contributed by atoms with Crippen LogP contribution in [0.15, 0.2) is 36.8 Å². The van der Waals surface area contributed by atoms with Gasteiger partial charge in [0.1, 0.15) is 5.82 Å². The summed E-state index contributed by atoms with van der Waals surface area (Å²) in [4.78, 5) is 16.2. The van der Waals surface area contributed by atoms with Crippen LogP contribution in [-0.2, 0) is 0 Å². The van der Waals surface area contributed by atoms with Gasteiger partial charge in [0.25, 0.3) is 0 Å². The van der Waals surface area contributed by atoms with Crippen molar-refractivity contribution in [3.8, 4) is 11.3 Å². The fraction of sp³-hybridized carbons (Fsp3) is 0.214. The molecule has 2 aromatic heterocycles. The fourth-order valence-corrected chi connectivity index (χ4v) is 1.97. The van der Waals surface area contributed by atoms with E-state index in [0.717, 1.165) is 28.1 Å². The Morgan fingerprint density at radius 2 is 2.16 bits per heavy atom. The number of fused-ring (bicyclic) bond motifs is 1. The second kappa shape index (κ2) is 4.78. The number of imidazole rings is 1. The molecule has 0 fully saturated rings. The fourth-order valence-electron chi connectivity index (χ4n) is 1.97. The molecule has 0 saturated heterocycles. The van der Waals surface area contributed by atoms with Crippen molar-refractivity contribution < 1.29 is 0 Å². The Bertz CT molecular complexity index is 704. The van der Waals surface area contributed by atoms with Gasteiger partial charge in [-0.1, -0.05) is 13.0 Å². The van der Waals surface area contributed by atoms with Gasteiger partial charge in [-0.15, -0.1) is 0 Å². The third-order valence-electron chi connectivity index (χ3n) is 3.18. The Morgan fingerprint density at radius 1 is 1.26 bits per heavy atom. The minimum atomic E-state index is 0.163. The number of aromatic nitrogens is 4. The third-order valence-corrected chi connectivity index (χ3v) is 3.18. The number of nitrogens with one attached hydrogen (secondary N) is 1. The van der Waals surface area contributed by atoms with Crippen LogP contribution >= 0.6 is 0 Å². The molecule has 3 aromatic rings. The first-order valence-electron chi connectivity index (χ1n) is 6.24. The molecule has 0 radical (unpaired) electrons. The Kier molecular flexibility index (Phi) is 2.97. The zero-order valence-electron chi connectivity index (χ0n) is 10.7. The summed E-state index contributed by atoms with van der Waals surface area (Å²) >= 11 is 0. The summed E-state index contributed by atoms with van der Waals surface area (Å²) in [5.41, 5.74) is 9.57. The standard InChI is InChI=1S/C14H15N5/c1-9(7-15)14-16-5-4-11(19-14)10-2-3-12-13(6-10)18-8-17-12/h2-6,8-9H,7,15H2,1H3,(H,17,18). The van der Waals surface area contributed by atoms with Crippen LogP contribution in [0, 0.1) is 0 Å². The first-order valence-corrected chi connectivity index (χ1v) is 6.24. The van der Waals surface area contributed by atoms with Gasteiger partial charge in [-0.05, 0) is 18.2 Å². The van der Waals surface area contributed by atoms with E-state index in [9.17, 15) is 0 Å². The summed E-state index contributed by atoms with van der Waals surface area (Å²) in [6.45, 7) is 2.57. The topological polar surface area (TPSA) is 80.5 Å². The molecule has 0 aliphatic carbocycles. The maximum atomic E-state index is 5.66. The summed E-state index contributed by atoms with van der Waals surface area (Å²) < 4.78 is 0. The lowest BCUT2D eigenvalue weighted by atomic mass is 10.1. The average molecular weight is 253 g/mol. The Hall–Kier alpha value is -2.27. The van der Waals surface area contributed by atoms with Gasteiger partial charge < -0.3 is 10.7 Å². The molecule has 0 spiro atoms. The highest BCUT2D eigenvalue weighted by molar-refractivity contribution is 5.80. The van der Waals surface area contributed by atoms with Crippen LogP contribution in [0.25, 0.3) is 22.3 Å². The minimum Gasteiger partial charge on any atom is -0.345 e. The molecule has 2 heterocycles. The van der Waals surface area contributed by atoms with E-state index in [0.29, 0.717) is 6.54 Å². The van der Waals surface area contributed by atoms with Crippen molar-refractivity contribution >= 4 is 11.0 Å². The third kappa shape index (κ3) is 2.20. The normalized spacial score (nSPS) is 12.7. The number of hydrogen-bond donors (Lipinski definition) is 2. The number of rotatable bonds is 3. The first-order chi connectivity index (χ1) is 9.28. The van der Waals surface area contributed by atoms with E-state index in [1.54, 1.807) is 12.5 Å². The zero-order chi connectivity index (χ0) is 13.2. The maximum Gasteiger partial charge on any atom is 0.133 e. The molecule has 0 amide bonds. The maximum absolute atomic E-state index is 5.66. The van der Waals surface area contributed by atoms with E-state index >= 15 is 0 Å². The molecule has 0 saturated carbocycles. The largest absolute Gasteiger partial charge is 0.345 e. The number of hydrogen-bond acceptors (Lipinski definition) is 4. The molecule has 1 atom stereocenters. The van der Waals surface area contributed by atoms with Crippen molar-refractivity contribution in [3.05, 3.63) is 42.6 Å². The predicted octanol–water partition coefficient (Wildman–Crippen LogP) is 2.08. The first kappa shape index (κ1) is 11.8. The number of nitrogens with zero attached hydrogens (tertiary/aromatic N) is 3. The molecule has 0 aliphatic rings. The monoisotopic (exact) mass is 253 g/mol. The van der Waals surface area contributed by atoms with Crippen LogP contribution in [0.1, 0.15) is 18.7 Å². The van der Waals surface area contributed by atoms with Crippen molar-refractivity contribution in [3.63, 3.8) is 0 Å². The Morgan fingerprint density at radius 3 is 3.00 bits per heavy atom. The highest BCUT2D eigenvalue weighted by Gasteiger charge is 2.09.